The fourth-order valence-corrected chi connectivity index (χ4v) is 3.54. The van der Waals surface area contributed by atoms with E-state index in [-0.39, 0.29) is 36.0 Å². The number of hydrogen-bond acceptors (Lipinski definition) is 8. The number of ether oxygens (including phenoxy) is 4. The summed E-state index contributed by atoms with van der Waals surface area (Å²) in [5, 5.41) is 2.70. The van der Waals surface area contributed by atoms with Gasteiger partial charge in [0, 0.05) is 18.4 Å². The van der Waals surface area contributed by atoms with Gasteiger partial charge in [0.2, 0.25) is 11.8 Å². The number of fused-ring (bicyclic) bond motifs is 2. The minimum absolute atomic E-state index is 0.0599. The van der Waals surface area contributed by atoms with Crippen molar-refractivity contribution in [2.75, 3.05) is 32.8 Å². The molecule has 0 unspecified atom stereocenters. The Bertz CT molecular complexity index is 919. The van der Waals surface area contributed by atoms with E-state index >= 15 is 0 Å². The number of rotatable bonds is 5. The maximum absolute atomic E-state index is 13.2. The molecule has 1 spiro atoms. The molecule has 148 valence electrons. The lowest BCUT2D eigenvalue weighted by molar-refractivity contribution is -0.143. The van der Waals surface area contributed by atoms with Crippen LogP contribution in [0.15, 0.2) is 47.1 Å². The monoisotopic (exact) mass is 388 g/mol. The van der Waals surface area contributed by atoms with Gasteiger partial charge in [0.15, 0.2) is 0 Å². The standard InChI is InChI=1S/C19H20N2O7/c1-10-13(16(22)26-3)19(11-6-4-5-7-12(11)21-18(19)24)14(15(20)28-10)17(23)27-9-8-25-2/h4-7H,8-9,20H2,1-3H3,(H,21,24)/t19-/m0/s1. The molecule has 1 aromatic rings. The van der Waals surface area contributed by atoms with Crippen LogP contribution in [0, 0.1) is 0 Å². The zero-order valence-electron chi connectivity index (χ0n) is 15.7. The topological polar surface area (TPSA) is 126 Å². The maximum Gasteiger partial charge on any atom is 0.341 e. The molecule has 0 fully saturated rings. The van der Waals surface area contributed by atoms with E-state index in [2.05, 4.69) is 5.32 Å². The van der Waals surface area contributed by atoms with Gasteiger partial charge >= 0.3 is 11.9 Å². The first-order valence-corrected chi connectivity index (χ1v) is 8.44. The van der Waals surface area contributed by atoms with Crippen LogP contribution in [0.25, 0.3) is 0 Å². The number of allylic oxidation sites excluding steroid dienone is 1. The Morgan fingerprint density at radius 1 is 1.14 bits per heavy atom. The van der Waals surface area contributed by atoms with E-state index in [1.54, 1.807) is 24.3 Å². The average molecular weight is 388 g/mol. The van der Waals surface area contributed by atoms with Gasteiger partial charge in [-0.05, 0) is 13.0 Å². The minimum Gasteiger partial charge on any atom is -0.466 e. The van der Waals surface area contributed by atoms with Gasteiger partial charge in [0.1, 0.15) is 28.9 Å². The van der Waals surface area contributed by atoms with E-state index in [9.17, 15) is 14.4 Å². The molecule has 3 N–H and O–H groups in total. The number of esters is 2. The molecule has 28 heavy (non-hydrogen) atoms. The van der Waals surface area contributed by atoms with Gasteiger partial charge in [0.05, 0.1) is 13.7 Å². The Hall–Kier alpha value is -3.33. The summed E-state index contributed by atoms with van der Waals surface area (Å²) in [6.45, 7) is 1.55. The first-order valence-electron chi connectivity index (χ1n) is 8.44. The lowest BCUT2D eigenvalue weighted by Gasteiger charge is -2.35. The van der Waals surface area contributed by atoms with E-state index < -0.39 is 23.3 Å². The summed E-state index contributed by atoms with van der Waals surface area (Å²) in [7, 11) is 2.63. The normalized spacial score (nSPS) is 20.6. The highest BCUT2D eigenvalue weighted by Crippen LogP contribution is 2.52. The molecule has 0 radical (unpaired) electrons. The summed E-state index contributed by atoms with van der Waals surface area (Å²) < 4.78 is 20.4. The van der Waals surface area contributed by atoms with Gasteiger partial charge in [-0.3, -0.25) is 4.79 Å². The largest absolute Gasteiger partial charge is 0.466 e. The quantitative estimate of drug-likeness (QED) is 0.558. The average Bonchev–Trinajstić information content (AvgIpc) is 2.94. The fourth-order valence-electron chi connectivity index (χ4n) is 3.54. The van der Waals surface area contributed by atoms with Gasteiger partial charge < -0.3 is 30.0 Å². The number of methoxy groups -OCH3 is 2. The third-order valence-electron chi connectivity index (χ3n) is 4.65. The molecule has 1 atom stereocenters. The molecule has 9 heteroatoms. The summed E-state index contributed by atoms with van der Waals surface area (Å²) >= 11 is 0. The van der Waals surface area contributed by atoms with Crippen molar-refractivity contribution in [2.24, 2.45) is 5.73 Å². The molecule has 0 saturated carbocycles. The van der Waals surface area contributed by atoms with E-state index in [0.29, 0.717) is 11.3 Å². The number of carbonyl (C=O) groups is 3. The van der Waals surface area contributed by atoms with Crippen molar-refractivity contribution in [1.29, 1.82) is 0 Å². The lowest BCUT2D eigenvalue weighted by atomic mass is 9.67. The number of carbonyl (C=O) groups excluding carboxylic acids is 3. The molecule has 0 aromatic heterocycles. The van der Waals surface area contributed by atoms with Gasteiger partial charge in [0.25, 0.3) is 0 Å². The lowest BCUT2D eigenvalue weighted by Crippen LogP contribution is -2.48. The summed E-state index contributed by atoms with van der Waals surface area (Å²) in [5.74, 6) is -2.60. The second-order valence-corrected chi connectivity index (χ2v) is 6.14. The van der Waals surface area contributed by atoms with Crippen molar-refractivity contribution in [3.8, 4) is 0 Å². The predicted molar refractivity (Wildman–Crippen MR) is 96.6 cm³/mol. The SMILES string of the molecule is COCCOC(=O)C1=C(N)OC(C)=C(C(=O)OC)[C@]12C(=O)Nc1ccccc12. The highest BCUT2D eigenvalue weighted by atomic mass is 16.6. The Morgan fingerprint density at radius 2 is 1.86 bits per heavy atom. The molecular weight excluding hydrogens is 368 g/mol. The van der Waals surface area contributed by atoms with Crippen molar-refractivity contribution in [2.45, 2.75) is 12.3 Å². The number of amides is 1. The van der Waals surface area contributed by atoms with Crippen molar-refractivity contribution in [3.63, 3.8) is 0 Å². The second-order valence-electron chi connectivity index (χ2n) is 6.14. The number of nitrogens with two attached hydrogens (primary N) is 1. The maximum atomic E-state index is 13.2. The van der Waals surface area contributed by atoms with Gasteiger partial charge in [-0.15, -0.1) is 0 Å². The zero-order chi connectivity index (χ0) is 20.5. The fraction of sp³-hybridized carbons (Fsp3) is 0.316. The number of hydrogen-bond donors (Lipinski definition) is 2. The first-order chi connectivity index (χ1) is 13.4. The van der Waals surface area contributed by atoms with E-state index in [4.69, 9.17) is 24.7 Å². The van der Waals surface area contributed by atoms with Crippen LogP contribution in [-0.4, -0.2) is 45.3 Å². The second kappa shape index (κ2) is 7.35. The molecule has 0 bridgehead atoms. The molecule has 2 aliphatic heterocycles. The summed E-state index contributed by atoms with van der Waals surface area (Å²) in [6, 6.07) is 6.69. The third-order valence-corrected chi connectivity index (χ3v) is 4.65. The van der Waals surface area contributed by atoms with Crippen LogP contribution in [0.2, 0.25) is 0 Å². The van der Waals surface area contributed by atoms with Crippen LogP contribution in [0.5, 0.6) is 0 Å². The zero-order valence-corrected chi connectivity index (χ0v) is 15.7. The first kappa shape index (κ1) is 19.4. The highest BCUT2D eigenvalue weighted by Gasteiger charge is 2.61. The van der Waals surface area contributed by atoms with Crippen LogP contribution in [-0.2, 0) is 38.7 Å². The molecule has 3 rings (SSSR count). The molecule has 2 heterocycles. The smallest absolute Gasteiger partial charge is 0.341 e. The Balaban J connectivity index is 2.27. The van der Waals surface area contributed by atoms with Gasteiger partial charge in [-0.2, -0.15) is 0 Å². The molecule has 0 aliphatic carbocycles. The molecule has 0 saturated heterocycles. The van der Waals surface area contributed by atoms with Crippen LogP contribution >= 0.6 is 0 Å². The van der Waals surface area contributed by atoms with E-state index in [0.717, 1.165) is 0 Å². The summed E-state index contributed by atoms with van der Waals surface area (Å²) in [6.07, 6.45) is 0. The predicted octanol–water partition coefficient (Wildman–Crippen LogP) is 0.714. The third kappa shape index (κ3) is 2.71. The number of anilines is 1. The van der Waals surface area contributed by atoms with Crippen molar-refractivity contribution >= 4 is 23.5 Å². The van der Waals surface area contributed by atoms with E-state index in [1.807, 2.05) is 0 Å². The number of para-hydroxylation sites is 1. The van der Waals surface area contributed by atoms with Crippen molar-refractivity contribution < 1.29 is 33.3 Å². The molecule has 9 nitrogen and oxygen atoms in total. The van der Waals surface area contributed by atoms with Crippen LogP contribution in [0.4, 0.5) is 5.69 Å². The summed E-state index contributed by atoms with van der Waals surface area (Å²) in [4.78, 5) is 38.8. The minimum atomic E-state index is -1.85. The molecule has 1 amide bonds. The molecular formula is C19H20N2O7. The van der Waals surface area contributed by atoms with Crippen molar-refractivity contribution in [1.82, 2.24) is 0 Å². The van der Waals surface area contributed by atoms with Gasteiger partial charge in [-0.1, -0.05) is 18.2 Å². The number of nitrogens with one attached hydrogen (secondary N) is 1. The molecule has 2 aliphatic rings. The number of benzene rings is 1. The van der Waals surface area contributed by atoms with Gasteiger partial charge in [-0.25, -0.2) is 9.59 Å². The van der Waals surface area contributed by atoms with Crippen LogP contribution < -0.4 is 11.1 Å². The van der Waals surface area contributed by atoms with Crippen LogP contribution in [0.3, 0.4) is 0 Å². The Labute approximate surface area is 161 Å². The Kier molecular flexibility index (Phi) is 5.10. The molecule has 1 aromatic carbocycles. The van der Waals surface area contributed by atoms with Crippen molar-refractivity contribution in [3.05, 3.63) is 52.6 Å². The van der Waals surface area contributed by atoms with E-state index in [1.165, 1.54) is 21.1 Å². The Morgan fingerprint density at radius 3 is 2.54 bits per heavy atom. The highest BCUT2D eigenvalue weighted by molar-refractivity contribution is 6.21. The summed E-state index contributed by atoms with van der Waals surface area (Å²) in [5.41, 5.74) is 4.57. The van der Waals surface area contributed by atoms with Crippen LogP contribution in [0.1, 0.15) is 12.5 Å².